The quantitative estimate of drug-likeness (QED) is 0.136. The summed E-state index contributed by atoms with van der Waals surface area (Å²) in [5.41, 5.74) is 0.633. The van der Waals surface area contributed by atoms with Gasteiger partial charge in [-0.3, -0.25) is 0 Å². The number of quaternary nitrogens is 1. The van der Waals surface area contributed by atoms with Gasteiger partial charge in [0.2, 0.25) is 10.0 Å². The summed E-state index contributed by atoms with van der Waals surface area (Å²) in [5, 5.41) is 3.66. The number of fused-ring (bicyclic) bond motifs is 1. The van der Waals surface area contributed by atoms with E-state index in [1.807, 2.05) is 6.07 Å². The number of alkyl halides is 4. The van der Waals surface area contributed by atoms with Gasteiger partial charge in [-0.2, -0.15) is 35.4 Å². The van der Waals surface area contributed by atoms with E-state index in [0.29, 0.717) is 21.8 Å². The summed E-state index contributed by atoms with van der Waals surface area (Å²) in [4.78, 5) is 14.9. The fraction of sp³-hybridized carbons (Fsp3) is 0.351. The zero-order chi connectivity index (χ0) is 38.8. The van der Waals surface area contributed by atoms with Gasteiger partial charge in [-0.25, -0.2) is 16.8 Å². The highest BCUT2D eigenvalue weighted by Crippen LogP contribution is 2.51. The number of thiophene rings is 1. The van der Waals surface area contributed by atoms with Crippen molar-refractivity contribution in [3.05, 3.63) is 102 Å². The molecule has 2 aromatic heterocycles. The molecule has 4 aromatic rings. The van der Waals surface area contributed by atoms with Crippen LogP contribution in [0.2, 0.25) is 0 Å². The van der Waals surface area contributed by atoms with E-state index in [1.54, 1.807) is 54.6 Å². The Morgan fingerprint density at radius 3 is 1.98 bits per heavy atom. The van der Waals surface area contributed by atoms with Crippen LogP contribution >= 0.6 is 11.3 Å². The number of allylic oxidation sites excluding steroid dienone is 2. The topological polar surface area (TPSA) is 127 Å². The van der Waals surface area contributed by atoms with Crippen LogP contribution in [0.3, 0.4) is 0 Å². The van der Waals surface area contributed by atoms with Crippen LogP contribution in [0.25, 0.3) is 21.8 Å². The molecule has 1 aliphatic carbocycles. The van der Waals surface area contributed by atoms with Gasteiger partial charge in [0.05, 0.1) is 27.6 Å². The number of rotatable bonds is 8. The van der Waals surface area contributed by atoms with Crippen LogP contribution in [0.15, 0.2) is 116 Å². The van der Waals surface area contributed by atoms with Gasteiger partial charge in [0, 0.05) is 69.6 Å². The zero-order valence-electron chi connectivity index (χ0n) is 29.1. The Morgan fingerprint density at radius 1 is 0.745 bits per heavy atom. The zero-order valence-corrected chi connectivity index (χ0v) is 31.5. The van der Waals surface area contributed by atoms with Gasteiger partial charge in [0.25, 0.3) is 10.0 Å². The lowest BCUT2D eigenvalue weighted by Gasteiger charge is -2.53. The standard InChI is InChI=1S/C37H35F4N4O7S3/c38-36(39)22-26-24-51-35(46)45(30(26)23-37(36,40)41,28-15-20-44(21-16-28)55(49,50)34-11-10-32(53-34)31-12-17-42-52-31)27-13-18-43(19-14-27)54(47,48)33-9-5-4-8-29(33)25-6-2-1-3-7-25/h1-12,17,22-23,27-28H,13-16,18-21,24H2/q+1. The summed E-state index contributed by atoms with van der Waals surface area (Å²) in [6, 6.07) is 18.5. The summed E-state index contributed by atoms with van der Waals surface area (Å²) in [6.07, 6.45) is 0.863. The molecule has 5 heterocycles. The van der Waals surface area contributed by atoms with Crippen LogP contribution in [0.1, 0.15) is 25.7 Å². The molecule has 3 fully saturated rings. The molecule has 3 saturated heterocycles. The highest BCUT2D eigenvalue weighted by molar-refractivity contribution is 7.91. The minimum absolute atomic E-state index is 0.00418. The molecule has 1 amide bonds. The second-order valence-electron chi connectivity index (χ2n) is 13.9. The Kier molecular flexibility index (Phi) is 9.44. The van der Waals surface area contributed by atoms with Crippen molar-refractivity contribution in [3.8, 4) is 21.8 Å². The van der Waals surface area contributed by atoms with E-state index in [0.717, 1.165) is 11.3 Å². The molecule has 1 unspecified atom stereocenters. The number of amides is 1. The lowest BCUT2D eigenvalue weighted by molar-refractivity contribution is -0.876. The number of cyclic esters (lactones) is 1. The van der Waals surface area contributed by atoms with Crippen LogP contribution in [0, 0.1) is 0 Å². The molecule has 0 N–H and O–H groups in total. The van der Waals surface area contributed by atoms with Crippen molar-refractivity contribution in [2.75, 3.05) is 32.8 Å². The van der Waals surface area contributed by atoms with Crippen LogP contribution in [0.5, 0.6) is 0 Å². The highest BCUT2D eigenvalue weighted by Gasteiger charge is 2.65. The SMILES string of the molecule is O=C1OCC2=CC(F)(F)C(F)(F)C=C2[N+]1(C1CCN(S(=O)(=O)c2ccc(-c3ccno3)s2)CC1)C1CCN(S(=O)(=O)c2ccccc2-c2ccccc2)CC1. The van der Waals surface area contributed by atoms with Gasteiger partial charge in [0.15, 0.2) is 11.5 Å². The first-order valence-corrected chi connectivity index (χ1v) is 21.3. The number of hydrogen-bond donors (Lipinski definition) is 0. The lowest BCUT2D eigenvalue weighted by Crippen LogP contribution is -2.70. The van der Waals surface area contributed by atoms with Crippen molar-refractivity contribution in [1.29, 1.82) is 0 Å². The third kappa shape index (κ3) is 6.26. The Labute approximate surface area is 318 Å². The van der Waals surface area contributed by atoms with Crippen LogP contribution < -0.4 is 0 Å². The Bertz CT molecular complexity index is 2390. The van der Waals surface area contributed by atoms with Gasteiger partial charge in [-0.05, 0) is 23.8 Å². The van der Waals surface area contributed by atoms with E-state index >= 15 is 8.78 Å². The van der Waals surface area contributed by atoms with E-state index < -0.39 is 61.2 Å². The normalized spacial score (nSPS) is 24.1. The predicted molar refractivity (Wildman–Crippen MR) is 193 cm³/mol. The maximum Gasteiger partial charge on any atom is 0.522 e. The van der Waals surface area contributed by atoms with Gasteiger partial charge < -0.3 is 9.26 Å². The van der Waals surface area contributed by atoms with Crippen LogP contribution in [-0.2, 0) is 24.8 Å². The summed E-state index contributed by atoms with van der Waals surface area (Å²) >= 11 is 0.991. The largest absolute Gasteiger partial charge is 0.522 e. The average Bonchev–Trinajstić information content (AvgIpc) is 3.90. The smallest absolute Gasteiger partial charge is 0.415 e. The number of ether oxygens (including phenoxy) is 1. The molecule has 3 aliphatic heterocycles. The summed E-state index contributed by atoms with van der Waals surface area (Å²) in [7, 11) is -8.12. The fourth-order valence-electron chi connectivity index (χ4n) is 8.27. The van der Waals surface area contributed by atoms with Gasteiger partial charge in [-0.15, -0.1) is 11.3 Å². The van der Waals surface area contributed by atoms with Crippen molar-refractivity contribution in [2.24, 2.45) is 0 Å². The number of piperidine rings is 2. The predicted octanol–water partition coefficient (Wildman–Crippen LogP) is 7.14. The van der Waals surface area contributed by atoms with Gasteiger partial charge in [-0.1, -0.05) is 53.7 Å². The first-order chi connectivity index (χ1) is 26.2. The Hall–Kier alpha value is -4.20. The summed E-state index contributed by atoms with van der Waals surface area (Å²) < 4.78 is 128. The fourth-order valence-corrected chi connectivity index (χ4v) is 12.8. The number of nitrogens with zero attached hydrogens (tertiary/aromatic N) is 4. The molecule has 0 spiro atoms. The van der Waals surface area contributed by atoms with Gasteiger partial charge >= 0.3 is 17.9 Å². The Morgan fingerprint density at radius 2 is 1.35 bits per heavy atom. The molecule has 0 bridgehead atoms. The third-order valence-corrected chi connectivity index (χ3v) is 16.4. The van der Waals surface area contributed by atoms with E-state index in [2.05, 4.69) is 5.16 Å². The Balaban J connectivity index is 1.10. The van der Waals surface area contributed by atoms with Crippen LogP contribution in [-0.4, -0.2) is 97.9 Å². The van der Waals surface area contributed by atoms with Crippen molar-refractivity contribution in [3.63, 3.8) is 0 Å². The molecule has 1 atom stereocenters. The second kappa shape index (κ2) is 13.8. The van der Waals surface area contributed by atoms with Gasteiger partial charge in [0.1, 0.15) is 22.9 Å². The van der Waals surface area contributed by atoms with E-state index in [4.69, 9.17) is 9.26 Å². The molecule has 18 heteroatoms. The van der Waals surface area contributed by atoms with Crippen LogP contribution in [0.4, 0.5) is 22.4 Å². The molecular formula is C37H35F4N4O7S3+. The molecule has 55 heavy (non-hydrogen) atoms. The van der Waals surface area contributed by atoms with E-state index in [1.165, 1.54) is 26.9 Å². The maximum atomic E-state index is 15.2. The van der Waals surface area contributed by atoms with E-state index in [9.17, 15) is 30.4 Å². The van der Waals surface area contributed by atoms with Crippen molar-refractivity contribution < 1.29 is 52.9 Å². The molecule has 0 radical (unpaired) electrons. The first kappa shape index (κ1) is 37.7. The highest BCUT2D eigenvalue weighted by atomic mass is 32.2. The lowest BCUT2D eigenvalue weighted by atomic mass is 9.86. The minimum Gasteiger partial charge on any atom is -0.415 e. The second-order valence-corrected chi connectivity index (χ2v) is 19.1. The number of carbonyl (C=O) groups excluding carboxylic acids is 1. The van der Waals surface area contributed by atoms with Crippen molar-refractivity contribution >= 4 is 37.5 Å². The van der Waals surface area contributed by atoms with Crippen molar-refractivity contribution in [1.82, 2.24) is 13.8 Å². The molecular weight excluding hydrogens is 785 g/mol. The molecule has 4 aliphatic rings. The molecule has 11 nitrogen and oxygen atoms in total. The number of benzene rings is 2. The monoisotopic (exact) mass is 819 g/mol. The number of hydrogen-bond acceptors (Lipinski definition) is 9. The average molecular weight is 820 g/mol. The molecule has 2 aromatic carbocycles. The summed E-state index contributed by atoms with van der Waals surface area (Å²) in [5.74, 6) is -8.79. The number of carbonyl (C=O) groups is 1. The summed E-state index contributed by atoms with van der Waals surface area (Å²) in [6.45, 7) is -1.03. The third-order valence-electron chi connectivity index (χ3n) is 10.9. The number of halogens is 4. The maximum absolute atomic E-state index is 15.2. The first-order valence-electron chi connectivity index (χ1n) is 17.6. The molecule has 290 valence electrons. The number of aromatic nitrogens is 1. The molecule has 0 saturated carbocycles. The number of sulfonamides is 2. The minimum atomic E-state index is -4.64. The molecule has 8 rings (SSSR count). The van der Waals surface area contributed by atoms with Crippen molar-refractivity contribution in [2.45, 2.75) is 58.7 Å². The van der Waals surface area contributed by atoms with E-state index in [-0.39, 0.29) is 84.4 Å².